The average molecular weight is 634 g/mol. The fourth-order valence-electron chi connectivity index (χ4n) is 7.84. The standard InChI is InChI=1S/C35H38F3N5O3/c1-5-26-31-25(27(36)14-35(26,37)38)13-34(44,15-29(31)43-17-23-8-9-24(18-43)40-23)22-7-6-21-16-39-32(41-28(21)12-22)46-20-33(2)19-42(3)11-10-30(33)45-4/h1,6-7,12-16,23-24,30,40,44H,8-11,17-20H2,2-4H3/t23-,24+,30?,33?,34?. The maximum absolute atomic E-state index is 15.5. The summed E-state index contributed by atoms with van der Waals surface area (Å²) < 4.78 is 57.6. The highest BCUT2D eigenvalue weighted by Gasteiger charge is 2.47. The largest absolute Gasteiger partial charge is 0.463 e. The van der Waals surface area contributed by atoms with Crippen molar-refractivity contribution in [1.29, 1.82) is 0 Å². The Hall–Kier alpha value is -3.69. The van der Waals surface area contributed by atoms with Gasteiger partial charge in [0.2, 0.25) is 0 Å². The highest BCUT2D eigenvalue weighted by molar-refractivity contribution is 5.79. The van der Waals surface area contributed by atoms with Crippen LogP contribution in [0.3, 0.4) is 0 Å². The third-order valence-electron chi connectivity index (χ3n) is 10.1. The second kappa shape index (κ2) is 11.2. The van der Waals surface area contributed by atoms with Gasteiger partial charge in [0.15, 0.2) is 0 Å². The van der Waals surface area contributed by atoms with E-state index >= 15 is 13.2 Å². The van der Waals surface area contributed by atoms with E-state index < -0.39 is 22.9 Å². The molecular formula is C35H38F3N5O3. The third kappa shape index (κ3) is 5.31. The summed E-state index contributed by atoms with van der Waals surface area (Å²) in [6.45, 7) is 5.25. The molecule has 2 bridgehead atoms. The molecule has 242 valence electrons. The van der Waals surface area contributed by atoms with E-state index in [1.165, 1.54) is 12.2 Å². The van der Waals surface area contributed by atoms with Crippen LogP contribution in [0.1, 0.15) is 31.7 Å². The molecule has 3 unspecified atom stereocenters. The molecule has 11 heteroatoms. The number of nitrogens with zero attached hydrogens (tertiary/aromatic N) is 4. The molecule has 0 amide bonds. The van der Waals surface area contributed by atoms with Crippen LogP contribution in [-0.4, -0.2) is 95.9 Å². The summed E-state index contributed by atoms with van der Waals surface area (Å²) in [6, 6.07) is 5.67. The lowest BCUT2D eigenvalue weighted by atomic mass is 9.77. The van der Waals surface area contributed by atoms with E-state index in [4.69, 9.17) is 15.9 Å². The Labute approximate surface area is 266 Å². The number of alkyl halides is 2. The number of piperidine rings is 1. The number of nitrogens with one attached hydrogen (secondary N) is 1. The van der Waals surface area contributed by atoms with Gasteiger partial charge in [-0.1, -0.05) is 25.0 Å². The summed E-state index contributed by atoms with van der Waals surface area (Å²) in [6.07, 6.45) is 13.1. The quantitative estimate of drug-likeness (QED) is 0.458. The second-order valence-corrected chi connectivity index (χ2v) is 13.6. The number of hydrogen-bond donors (Lipinski definition) is 2. The van der Waals surface area contributed by atoms with Gasteiger partial charge in [-0.3, -0.25) is 0 Å². The molecule has 46 heavy (non-hydrogen) atoms. The summed E-state index contributed by atoms with van der Waals surface area (Å²) in [4.78, 5) is 13.2. The number of aromatic nitrogens is 2. The number of rotatable bonds is 6. The number of piperazine rings is 1. The molecule has 0 saturated carbocycles. The number of halogens is 3. The Bertz CT molecular complexity index is 1740. The van der Waals surface area contributed by atoms with Gasteiger partial charge in [0.05, 0.1) is 17.2 Å². The van der Waals surface area contributed by atoms with Crippen LogP contribution in [0.5, 0.6) is 6.01 Å². The van der Waals surface area contributed by atoms with Crippen LogP contribution >= 0.6 is 0 Å². The number of allylic oxidation sites excluding steroid dienone is 4. The predicted octanol–water partition coefficient (Wildman–Crippen LogP) is 4.25. The highest BCUT2D eigenvalue weighted by atomic mass is 19.3. The van der Waals surface area contributed by atoms with Crippen LogP contribution in [0.25, 0.3) is 10.9 Å². The van der Waals surface area contributed by atoms with Crippen molar-refractivity contribution in [3.05, 3.63) is 76.4 Å². The number of likely N-dealkylation sites (tertiary alicyclic amines) is 2. The van der Waals surface area contributed by atoms with E-state index in [0.717, 1.165) is 32.4 Å². The van der Waals surface area contributed by atoms with Crippen LogP contribution in [0, 0.1) is 17.8 Å². The van der Waals surface area contributed by atoms with E-state index in [9.17, 15) is 5.11 Å². The number of terminal acetylenes is 1. The molecule has 3 saturated heterocycles. The topological polar surface area (TPSA) is 83.0 Å². The molecule has 1 aromatic heterocycles. The van der Waals surface area contributed by atoms with Gasteiger partial charge in [0.1, 0.15) is 18.0 Å². The Balaban J connectivity index is 1.26. The number of ether oxygens (including phenoxy) is 2. The predicted molar refractivity (Wildman–Crippen MR) is 168 cm³/mol. The third-order valence-corrected chi connectivity index (χ3v) is 10.1. The maximum Gasteiger partial charge on any atom is 0.316 e. The van der Waals surface area contributed by atoms with Crippen molar-refractivity contribution in [3.63, 3.8) is 0 Å². The van der Waals surface area contributed by atoms with Crippen molar-refractivity contribution in [2.75, 3.05) is 46.9 Å². The van der Waals surface area contributed by atoms with E-state index in [2.05, 4.69) is 40.1 Å². The molecule has 5 atom stereocenters. The van der Waals surface area contributed by atoms with Crippen molar-refractivity contribution in [3.8, 4) is 18.4 Å². The smallest absolute Gasteiger partial charge is 0.316 e. The monoisotopic (exact) mass is 633 g/mol. The van der Waals surface area contributed by atoms with E-state index in [-0.39, 0.29) is 46.8 Å². The first-order valence-electron chi connectivity index (χ1n) is 15.7. The lowest BCUT2D eigenvalue weighted by molar-refractivity contribution is -0.0754. The van der Waals surface area contributed by atoms with Crippen molar-refractivity contribution in [2.45, 2.75) is 55.9 Å². The number of benzene rings is 1. The molecule has 0 spiro atoms. The van der Waals surface area contributed by atoms with Gasteiger partial charge in [-0.15, -0.1) is 6.42 Å². The zero-order chi connectivity index (χ0) is 32.4. The first kappa shape index (κ1) is 30.9. The van der Waals surface area contributed by atoms with Gasteiger partial charge in [0.25, 0.3) is 0 Å². The number of hydrogen-bond acceptors (Lipinski definition) is 8. The van der Waals surface area contributed by atoms with E-state index in [1.54, 1.807) is 31.5 Å². The summed E-state index contributed by atoms with van der Waals surface area (Å²) in [5, 5.41) is 16.5. The molecule has 5 aliphatic rings. The first-order chi connectivity index (χ1) is 21.9. The van der Waals surface area contributed by atoms with Gasteiger partial charge in [-0.2, -0.15) is 13.8 Å². The van der Waals surface area contributed by atoms with Gasteiger partial charge < -0.3 is 29.7 Å². The SMILES string of the molecule is C#CC1=C2C(=CC(O)(c3ccc4cnc(OCC5(C)CN(C)CCC5OC)nc4c3)C=C2N2C[C@H]3CC[C@@H](C2)N3)C(F)=CC1(F)F. The molecule has 3 fully saturated rings. The Morgan fingerprint density at radius 1 is 1.15 bits per heavy atom. The lowest BCUT2D eigenvalue weighted by Gasteiger charge is -2.43. The van der Waals surface area contributed by atoms with Crippen LogP contribution in [-0.2, 0) is 10.3 Å². The highest BCUT2D eigenvalue weighted by Crippen LogP contribution is 2.49. The fraction of sp³-hybridized carbons (Fsp3) is 0.486. The first-order valence-corrected chi connectivity index (χ1v) is 15.7. The average Bonchev–Trinajstić information content (AvgIpc) is 3.36. The van der Waals surface area contributed by atoms with Crippen molar-refractivity contribution in [1.82, 2.24) is 25.1 Å². The number of methoxy groups -OCH3 is 1. The zero-order valence-corrected chi connectivity index (χ0v) is 26.2. The molecule has 2 aliphatic carbocycles. The normalized spacial score (nSPS) is 32.4. The minimum absolute atomic E-state index is 0.0271. The molecule has 7 rings (SSSR count). The Kier molecular flexibility index (Phi) is 7.55. The molecule has 0 radical (unpaired) electrons. The maximum atomic E-state index is 15.5. The minimum Gasteiger partial charge on any atom is -0.463 e. The zero-order valence-electron chi connectivity index (χ0n) is 26.2. The molecule has 2 N–H and O–H groups in total. The summed E-state index contributed by atoms with van der Waals surface area (Å²) >= 11 is 0. The van der Waals surface area contributed by atoms with Crippen molar-refractivity contribution in [2.24, 2.45) is 5.41 Å². The molecule has 1 aromatic carbocycles. The van der Waals surface area contributed by atoms with Gasteiger partial charge >= 0.3 is 11.9 Å². The molecule has 8 nitrogen and oxygen atoms in total. The molecule has 4 heterocycles. The Morgan fingerprint density at radius 3 is 2.63 bits per heavy atom. The van der Waals surface area contributed by atoms with Gasteiger partial charge in [-0.05, 0) is 50.1 Å². The second-order valence-electron chi connectivity index (χ2n) is 13.6. The number of aliphatic hydroxyl groups is 1. The van der Waals surface area contributed by atoms with Crippen molar-refractivity contribution >= 4 is 10.9 Å². The van der Waals surface area contributed by atoms with E-state index in [0.29, 0.717) is 41.9 Å². The Morgan fingerprint density at radius 2 is 1.91 bits per heavy atom. The van der Waals surface area contributed by atoms with Crippen LogP contribution in [0.15, 0.2) is 70.9 Å². The van der Waals surface area contributed by atoms with Gasteiger partial charge in [-0.25, -0.2) is 9.37 Å². The molecule has 3 aliphatic heterocycles. The fourth-order valence-corrected chi connectivity index (χ4v) is 7.84. The molecular weight excluding hydrogens is 595 g/mol. The van der Waals surface area contributed by atoms with Crippen molar-refractivity contribution < 1.29 is 27.8 Å². The summed E-state index contributed by atoms with van der Waals surface area (Å²) in [5.74, 6) is -2.65. The van der Waals surface area contributed by atoms with Crippen LogP contribution < -0.4 is 10.1 Å². The summed E-state index contributed by atoms with van der Waals surface area (Å²) in [5.41, 5.74) is -1.71. The summed E-state index contributed by atoms with van der Waals surface area (Å²) in [7, 11) is 3.79. The van der Waals surface area contributed by atoms with Gasteiger partial charge in [0, 0.05) is 85.3 Å². The minimum atomic E-state index is -3.66. The lowest BCUT2D eigenvalue weighted by Crippen LogP contribution is -2.52. The van der Waals surface area contributed by atoms with E-state index in [1.807, 2.05) is 4.90 Å². The van der Waals surface area contributed by atoms with Crippen LogP contribution in [0.2, 0.25) is 0 Å². The van der Waals surface area contributed by atoms with Crippen LogP contribution in [0.4, 0.5) is 13.2 Å². The number of fused-ring (bicyclic) bond motifs is 4. The molecule has 2 aromatic rings.